The van der Waals surface area contributed by atoms with E-state index in [1.165, 1.54) is 38.4 Å². The molecule has 0 aliphatic carbocycles. The Balaban J connectivity index is 1.96. The van der Waals surface area contributed by atoms with Gasteiger partial charge in [-0.05, 0) is 19.8 Å². The number of aryl methyl sites for hydroxylation is 1. The summed E-state index contributed by atoms with van der Waals surface area (Å²) < 4.78 is 1.62. The van der Waals surface area contributed by atoms with Crippen molar-refractivity contribution in [3.05, 3.63) is 17.6 Å². The molecule has 0 saturated heterocycles. The lowest BCUT2D eigenvalue weighted by molar-refractivity contribution is 0.606. The van der Waals surface area contributed by atoms with E-state index in [0.717, 1.165) is 24.1 Å². The van der Waals surface area contributed by atoms with Gasteiger partial charge in [0.25, 0.3) is 5.78 Å². The van der Waals surface area contributed by atoms with Crippen LogP contribution in [0.4, 0.5) is 5.82 Å². The number of unbranched alkanes of at least 4 members (excludes halogenated alkanes) is 5. The Kier molecular flexibility index (Phi) is 4.71. The van der Waals surface area contributed by atoms with E-state index in [4.69, 9.17) is 5.73 Å². The number of rotatable bonds is 7. The molecular weight excluding hydrogens is 238 g/mol. The van der Waals surface area contributed by atoms with E-state index >= 15 is 0 Å². The molecule has 104 valence electrons. The summed E-state index contributed by atoms with van der Waals surface area (Å²) in [6.45, 7) is 4.24. The number of nitrogens with zero attached hydrogens (tertiary/aromatic N) is 4. The fraction of sp³-hybridized carbons (Fsp3) is 0.643. The van der Waals surface area contributed by atoms with Crippen molar-refractivity contribution in [2.45, 2.75) is 58.8 Å². The van der Waals surface area contributed by atoms with Crippen LogP contribution in [0.1, 0.15) is 56.7 Å². The first-order valence-electron chi connectivity index (χ1n) is 7.18. The predicted molar refractivity (Wildman–Crippen MR) is 77.0 cm³/mol. The number of nitrogens with two attached hydrogens (primary N) is 1. The Morgan fingerprint density at radius 3 is 2.68 bits per heavy atom. The molecule has 2 aromatic rings. The minimum absolute atomic E-state index is 0.585. The van der Waals surface area contributed by atoms with Crippen LogP contribution < -0.4 is 5.73 Å². The van der Waals surface area contributed by atoms with Gasteiger partial charge in [0, 0.05) is 11.3 Å². The highest BCUT2D eigenvalue weighted by Gasteiger charge is 2.10. The lowest BCUT2D eigenvalue weighted by Gasteiger charge is -2.09. The van der Waals surface area contributed by atoms with Gasteiger partial charge >= 0.3 is 0 Å². The van der Waals surface area contributed by atoms with Gasteiger partial charge in [-0.3, -0.25) is 0 Å². The van der Waals surface area contributed by atoms with E-state index in [9.17, 15) is 0 Å². The second-order valence-electron chi connectivity index (χ2n) is 5.05. The van der Waals surface area contributed by atoms with Crippen LogP contribution in [0.3, 0.4) is 0 Å². The van der Waals surface area contributed by atoms with Crippen molar-refractivity contribution >= 4 is 11.6 Å². The van der Waals surface area contributed by atoms with Crippen LogP contribution in [0.2, 0.25) is 0 Å². The maximum atomic E-state index is 6.15. The SMILES string of the molecule is CCCCCCCCc1c(C)nc2ncnn2c1N. The molecule has 5 nitrogen and oxygen atoms in total. The highest BCUT2D eigenvalue weighted by Crippen LogP contribution is 2.19. The zero-order valence-corrected chi connectivity index (χ0v) is 11.9. The Labute approximate surface area is 114 Å². The van der Waals surface area contributed by atoms with Crippen LogP contribution in [0.15, 0.2) is 6.33 Å². The van der Waals surface area contributed by atoms with Gasteiger partial charge in [0.2, 0.25) is 0 Å². The van der Waals surface area contributed by atoms with Crippen molar-refractivity contribution in [3.8, 4) is 0 Å². The number of anilines is 1. The first-order valence-corrected chi connectivity index (χ1v) is 7.18. The molecule has 0 aliphatic rings. The van der Waals surface area contributed by atoms with Crippen molar-refractivity contribution in [2.24, 2.45) is 0 Å². The van der Waals surface area contributed by atoms with Gasteiger partial charge in [-0.2, -0.15) is 14.6 Å². The standard InChI is InChI=1S/C14H23N5/c1-3-4-5-6-7-8-9-12-11(2)18-14-16-10-17-19(14)13(12)15/h10H,3-9,15H2,1-2H3. The number of fused-ring (bicyclic) bond motifs is 1. The van der Waals surface area contributed by atoms with Crippen molar-refractivity contribution < 1.29 is 0 Å². The predicted octanol–water partition coefficient (Wildman–Crippen LogP) is 2.92. The van der Waals surface area contributed by atoms with Gasteiger partial charge < -0.3 is 5.73 Å². The summed E-state index contributed by atoms with van der Waals surface area (Å²) >= 11 is 0. The topological polar surface area (TPSA) is 69.1 Å². The van der Waals surface area contributed by atoms with Crippen molar-refractivity contribution in [2.75, 3.05) is 5.73 Å². The number of nitrogen functional groups attached to an aromatic ring is 1. The monoisotopic (exact) mass is 261 g/mol. The molecule has 0 aromatic carbocycles. The average Bonchev–Trinajstić information content (AvgIpc) is 2.85. The Bertz CT molecular complexity index is 532. The molecule has 0 spiro atoms. The molecule has 2 rings (SSSR count). The smallest absolute Gasteiger partial charge is 0.254 e. The molecular formula is C14H23N5. The molecule has 2 N–H and O–H groups in total. The second-order valence-corrected chi connectivity index (χ2v) is 5.05. The van der Waals surface area contributed by atoms with Crippen LogP contribution >= 0.6 is 0 Å². The van der Waals surface area contributed by atoms with Crippen molar-refractivity contribution in [1.82, 2.24) is 19.6 Å². The number of hydrogen-bond acceptors (Lipinski definition) is 4. The minimum Gasteiger partial charge on any atom is -0.383 e. The third kappa shape index (κ3) is 3.22. The van der Waals surface area contributed by atoms with Gasteiger partial charge in [-0.1, -0.05) is 39.0 Å². The fourth-order valence-corrected chi connectivity index (χ4v) is 2.40. The number of aromatic nitrogens is 4. The van der Waals surface area contributed by atoms with Gasteiger partial charge in [0.15, 0.2) is 0 Å². The Morgan fingerprint density at radius 1 is 1.16 bits per heavy atom. The van der Waals surface area contributed by atoms with Crippen LogP contribution in [0.5, 0.6) is 0 Å². The highest BCUT2D eigenvalue weighted by atomic mass is 15.3. The summed E-state index contributed by atoms with van der Waals surface area (Å²) in [6.07, 6.45) is 10.2. The lowest BCUT2D eigenvalue weighted by Crippen LogP contribution is -2.08. The first kappa shape index (κ1) is 13.8. The van der Waals surface area contributed by atoms with E-state index in [0.29, 0.717) is 11.6 Å². The van der Waals surface area contributed by atoms with Gasteiger partial charge in [0.05, 0.1) is 0 Å². The van der Waals surface area contributed by atoms with Gasteiger partial charge in [-0.15, -0.1) is 0 Å². The van der Waals surface area contributed by atoms with Gasteiger partial charge in [0.1, 0.15) is 12.1 Å². The third-order valence-electron chi connectivity index (χ3n) is 3.55. The van der Waals surface area contributed by atoms with Crippen LogP contribution in [0, 0.1) is 6.92 Å². The molecule has 2 heterocycles. The summed E-state index contributed by atoms with van der Waals surface area (Å²) in [5.74, 6) is 1.27. The van der Waals surface area contributed by atoms with E-state index in [1.807, 2.05) is 6.92 Å². The van der Waals surface area contributed by atoms with Crippen molar-refractivity contribution in [1.29, 1.82) is 0 Å². The second kappa shape index (κ2) is 6.50. The molecule has 0 radical (unpaired) electrons. The van der Waals surface area contributed by atoms with Crippen molar-refractivity contribution in [3.63, 3.8) is 0 Å². The lowest BCUT2D eigenvalue weighted by atomic mass is 10.0. The first-order chi connectivity index (χ1) is 9.24. The molecule has 0 bridgehead atoms. The minimum atomic E-state index is 0.585. The summed E-state index contributed by atoms with van der Waals surface area (Å²) in [5, 5.41) is 4.11. The Hall–Kier alpha value is -1.65. The largest absolute Gasteiger partial charge is 0.383 e. The van der Waals surface area contributed by atoms with E-state index in [2.05, 4.69) is 22.0 Å². The highest BCUT2D eigenvalue weighted by molar-refractivity contribution is 5.49. The van der Waals surface area contributed by atoms with Crippen LogP contribution in [-0.4, -0.2) is 19.6 Å². The quantitative estimate of drug-likeness (QED) is 0.778. The van der Waals surface area contributed by atoms with E-state index in [1.54, 1.807) is 4.52 Å². The van der Waals surface area contributed by atoms with E-state index < -0.39 is 0 Å². The average molecular weight is 261 g/mol. The zero-order chi connectivity index (χ0) is 13.7. The summed E-state index contributed by atoms with van der Waals surface area (Å²) in [5.41, 5.74) is 8.24. The molecule has 5 heteroatoms. The normalized spacial score (nSPS) is 11.3. The molecule has 0 aliphatic heterocycles. The summed E-state index contributed by atoms with van der Waals surface area (Å²) in [4.78, 5) is 8.51. The molecule has 2 aromatic heterocycles. The van der Waals surface area contributed by atoms with Crippen LogP contribution in [-0.2, 0) is 6.42 Å². The molecule has 0 unspecified atom stereocenters. The summed E-state index contributed by atoms with van der Waals surface area (Å²) in [7, 11) is 0. The fourth-order valence-electron chi connectivity index (χ4n) is 2.40. The molecule has 0 saturated carbocycles. The third-order valence-corrected chi connectivity index (χ3v) is 3.55. The molecule has 19 heavy (non-hydrogen) atoms. The maximum absolute atomic E-state index is 6.15. The molecule has 0 amide bonds. The van der Waals surface area contributed by atoms with Gasteiger partial charge in [-0.25, -0.2) is 4.98 Å². The number of hydrogen-bond donors (Lipinski definition) is 1. The maximum Gasteiger partial charge on any atom is 0.254 e. The molecule has 0 fully saturated rings. The Morgan fingerprint density at radius 2 is 1.89 bits per heavy atom. The van der Waals surface area contributed by atoms with Crippen LogP contribution in [0.25, 0.3) is 5.78 Å². The zero-order valence-electron chi connectivity index (χ0n) is 11.9. The molecule has 0 atom stereocenters. The summed E-state index contributed by atoms with van der Waals surface area (Å²) in [6, 6.07) is 0. The van der Waals surface area contributed by atoms with E-state index in [-0.39, 0.29) is 0 Å².